The summed E-state index contributed by atoms with van der Waals surface area (Å²) in [6.07, 6.45) is 0.801. The number of aliphatic hydroxyl groups is 1. The number of hydrogen-bond acceptors (Lipinski definition) is 12. The van der Waals surface area contributed by atoms with Crippen LogP contribution in [0.4, 0.5) is 4.79 Å². The fourth-order valence-electron chi connectivity index (χ4n) is 9.55. The van der Waals surface area contributed by atoms with Crippen molar-refractivity contribution in [1.29, 1.82) is 0 Å². The van der Waals surface area contributed by atoms with E-state index in [2.05, 4.69) is 26.6 Å². The minimum atomic E-state index is -1.60. The summed E-state index contributed by atoms with van der Waals surface area (Å²) in [7, 11) is 8.26. The van der Waals surface area contributed by atoms with Crippen LogP contribution in [-0.4, -0.2) is 209 Å². The van der Waals surface area contributed by atoms with Crippen LogP contribution in [0.25, 0.3) is 0 Å². The maximum absolute atomic E-state index is 14.8. The predicted molar refractivity (Wildman–Crippen MR) is 301 cm³/mol. The Bertz CT molecular complexity index is 2120. The molecule has 23 nitrogen and oxygen atoms in total. The lowest BCUT2D eigenvalue weighted by atomic mass is 9.96. The Balaban J connectivity index is 4.17. The van der Waals surface area contributed by atoms with Gasteiger partial charge in [0.15, 0.2) is 0 Å². The molecule has 12 amide bonds. The first-order valence-corrected chi connectivity index (χ1v) is 28.2. The second kappa shape index (κ2) is 32.4. The maximum atomic E-state index is 14.8. The van der Waals surface area contributed by atoms with Crippen molar-refractivity contribution in [3.05, 3.63) is 0 Å². The summed E-state index contributed by atoms with van der Waals surface area (Å²) in [6.45, 7) is 25.7. The molecule has 0 radical (unpaired) electrons. The Hall–Kier alpha value is -5.87. The lowest BCUT2D eigenvalue weighted by Crippen LogP contribution is -2.62. The van der Waals surface area contributed by atoms with Gasteiger partial charge in [-0.3, -0.25) is 52.8 Å². The Morgan fingerprint density at radius 3 is 1.06 bits per heavy atom. The molecule has 0 aromatic rings. The summed E-state index contributed by atoms with van der Waals surface area (Å²) in [5.41, 5.74) is 0. The molecule has 0 unspecified atom stereocenters. The Morgan fingerprint density at radius 1 is 0.354 bits per heavy atom. The Kier molecular flexibility index (Phi) is 29.2. The largest absolute Gasteiger partial charge is 0.394 e. The molecule has 1 fully saturated rings. The van der Waals surface area contributed by atoms with Gasteiger partial charge in [-0.1, -0.05) is 90.0 Å². The van der Waals surface area contributed by atoms with Gasteiger partial charge in [-0.05, 0) is 94.3 Å². The summed E-state index contributed by atoms with van der Waals surface area (Å²) in [4.78, 5) is 164. The molecule has 0 aliphatic carbocycles. The molecule has 10 atom stereocenters. The predicted octanol–water partition coefficient (Wildman–Crippen LogP) is 2.33. The lowest BCUT2D eigenvalue weighted by Gasteiger charge is -2.39. The molecule has 0 aromatic carbocycles. The normalized spacial score (nSPS) is 26.8. The molecular formula is C56H101N11O12. The summed E-state index contributed by atoms with van der Waals surface area (Å²) < 4.78 is 0. The molecule has 1 aliphatic rings. The van der Waals surface area contributed by atoms with Gasteiger partial charge in [0, 0.05) is 42.3 Å². The number of amides is 12. The first-order valence-electron chi connectivity index (χ1n) is 28.2. The smallest absolute Gasteiger partial charge is 0.326 e. The van der Waals surface area contributed by atoms with Crippen molar-refractivity contribution in [3.63, 3.8) is 0 Å². The molecule has 1 rings (SSSR count). The zero-order valence-electron chi connectivity index (χ0n) is 51.5. The molecular weight excluding hydrogens is 1020 g/mol. The number of likely N-dealkylation sites (N-methyl/N-ethyl adjacent to an activating group) is 6. The van der Waals surface area contributed by atoms with Crippen LogP contribution in [0.1, 0.15) is 149 Å². The van der Waals surface area contributed by atoms with Crippen LogP contribution >= 0.6 is 0 Å². The van der Waals surface area contributed by atoms with Crippen molar-refractivity contribution < 1.29 is 57.8 Å². The number of carbonyl (C=O) groups excluding carboxylic acids is 11. The van der Waals surface area contributed by atoms with Crippen LogP contribution in [0.3, 0.4) is 0 Å². The molecule has 0 saturated carbocycles. The van der Waals surface area contributed by atoms with E-state index in [1.54, 1.807) is 6.92 Å². The Labute approximate surface area is 471 Å². The van der Waals surface area contributed by atoms with Crippen molar-refractivity contribution in [2.45, 2.75) is 209 Å². The first-order chi connectivity index (χ1) is 36.4. The molecule has 0 aromatic heterocycles. The molecule has 1 aliphatic heterocycles. The fraction of sp³-hybridized carbons (Fsp3) is 0.804. The average Bonchev–Trinajstić information content (AvgIpc) is 3.36. The zero-order valence-corrected chi connectivity index (χ0v) is 51.5. The number of rotatable bonds is 14. The number of nitrogens with one attached hydrogen (secondary N) is 5. The lowest BCUT2D eigenvalue weighted by molar-refractivity contribution is -0.153. The zero-order chi connectivity index (χ0) is 61.2. The average molecular weight is 1120 g/mol. The van der Waals surface area contributed by atoms with Gasteiger partial charge in [0.25, 0.3) is 5.91 Å². The number of hydrogen-bond donors (Lipinski definition) is 6. The highest BCUT2D eigenvalue weighted by atomic mass is 16.3. The van der Waals surface area contributed by atoms with Gasteiger partial charge in [-0.15, -0.1) is 0 Å². The van der Waals surface area contributed by atoms with Gasteiger partial charge < -0.3 is 56.2 Å². The van der Waals surface area contributed by atoms with Crippen LogP contribution in [0.5, 0.6) is 0 Å². The highest BCUT2D eigenvalue weighted by Crippen LogP contribution is 2.23. The highest BCUT2D eigenvalue weighted by molar-refractivity contribution is 6.02. The molecule has 0 spiro atoms. The van der Waals surface area contributed by atoms with E-state index in [-0.39, 0.29) is 80.5 Å². The van der Waals surface area contributed by atoms with Crippen molar-refractivity contribution >= 4 is 65.1 Å². The van der Waals surface area contributed by atoms with Gasteiger partial charge >= 0.3 is 6.03 Å². The maximum Gasteiger partial charge on any atom is 0.326 e. The Morgan fingerprint density at radius 2 is 0.671 bits per heavy atom. The fourth-order valence-corrected chi connectivity index (χ4v) is 9.55. The van der Waals surface area contributed by atoms with E-state index < -0.39 is 132 Å². The molecule has 0 bridgehead atoms. The van der Waals surface area contributed by atoms with Crippen molar-refractivity contribution in [2.24, 2.45) is 35.5 Å². The van der Waals surface area contributed by atoms with Gasteiger partial charge in [0.1, 0.15) is 60.4 Å². The van der Waals surface area contributed by atoms with E-state index >= 15 is 0 Å². The number of aliphatic hydroxyl groups excluding tert-OH is 1. The van der Waals surface area contributed by atoms with Crippen LogP contribution in [0, 0.1) is 35.5 Å². The topological polar surface area (TPSA) is 288 Å². The van der Waals surface area contributed by atoms with Gasteiger partial charge in [-0.25, -0.2) is 4.79 Å². The second-order valence-corrected chi connectivity index (χ2v) is 24.2. The van der Waals surface area contributed by atoms with Gasteiger partial charge in [-0.2, -0.15) is 0 Å². The van der Waals surface area contributed by atoms with E-state index in [0.717, 1.165) is 9.80 Å². The molecule has 6 N–H and O–H groups in total. The molecule has 23 heteroatoms. The quantitative estimate of drug-likeness (QED) is 0.146. The molecule has 79 heavy (non-hydrogen) atoms. The minimum Gasteiger partial charge on any atom is -0.394 e. The van der Waals surface area contributed by atoms with Crippen LogP contribution in [0.2, 0.25) is 0 Å². The summed E-state index contributed by atoms with van der Waals surface area (Å²) >= 11 is 0. The van der Waals surface area contributed by atoms with Crippen molar-refractivity contribution in [1.82, 2.24) is 56.0 Å². The minimum absolute atomic E-state index is 0.0242. The number of nitrogens with zero attached hydrogens (tertiary/aromatic N) is 6. The van der Waals surface area contributed by atoms with E-state index in [4.69, 9.17) is 0 Å². The number of carbonyl (C=O) groups is 11. The first kappa shape index (κ1) is 71.1. The van der Waals surface area contributed by atoms with E-state index in [1.165, 1.54) is 75.7 Å². The molecule has 1 saturated heterocycles. The SMILES string of the molecule is CC[C@@H]1NC(=O)[C@H](C)NC(=O)[C@H](CC(C)C)N(C)C(=O)[C@H](CC(C)C)N(C)C(=O)[C@H](CC(C)C)N(C)C(=O)[C@@H](C)NC(=O)[C@H](CO)NC(=O)[C@H](CC(C)C)N(C)C(=O)[C@H](CC(C)C)NC(=O)[C@H](CC(C)C)N(C)C(=O)N(C)C1=O. The summed E-state index contributed by atoms with van der Waals surface area (Å²) in [6, 6.07) is -13.4. The highest BCUT2D eigenvalue weighted by Gasteiger charge is 2.42. The van der Waals surface area contributed by atoms with Crippen molar-refractivity contribution in [2.75, 3.05) is 48.9 Å². The van der Waals surface area contributed by atoms with Gasteiger partial charge in [0.05, 0.1) is 6.61 Å². The third-order valence-corrected chi connectivity index (χ3v) is 14.2. The third kappa shape index (κ3) is 20.9. The third-order valence-electron chi connectivity index (χ3n) is 14.2. The standard InChI is InChI=1S/C56H101N11O12/c1-22-38-52(75)67(21)56(79)66(20)43(26-33(8)9)50(73)60-39(23-30(2)3)53(76)62(16)42(25-32(6)7)49(72)61-40(29-68)47(70)58-37(15)51(74)64(18)44(27-34(10)11)55(78)65(19)45(28-35(12)13)54(77)63(17)41(24-31(4)5)48(71)57-36(14)46(69)59-38/h30-45,68H,22-29H2,1-21H3,(H,57,71)(H,58,70)(H,59,69)(H,60,73)(H,61,72)/t36-,37+,38-,39-,40-,41-,42-,43-,44-,45-/m0/s1. The van der Waals surface area contributed by atoms with E-state index in [0.29, 0.717) is 0 Å². The van der Waals surface area contributed by atoms with Gasteiger partial charge in [0.2, 0.25) is 53.2 Å². The molecule has 452 valence electrons. The molecule has 1 heterocycles. The van der Waals surface area contributed by atoms with Crippen LogP contribution in [-0.2, 0) is 47.9 Å². The summed E-state index contributed by atoms with van der Waals surface area (Å²) in [5, 5.41) is 23.8. The van der Waals surface area contributed by atoms with Crippen LogP contribution in [0.15, 0.2) is 0 Å². The van der Waals surface area contributed by atoms with Crippen LogP contribution < -0.4 is 26.6 Å². The summed E-state index contributed by atoms with van der Waals surface area (Å²) in [5.74, 6) is -8.17. The number of imide groups is 1. The van der Waals surface area contributed by atoms with E-state index in [1.807, 2.05) is 83.1 Å². The number of urea groups is 1. The van der Waals surface area contributed by atoms with E-state index in [9.17, 15) is 57.8 Å². The van der Waals surface area contributed by atoms with Crippen molar-refractivity contribution in [3.8, 4) is 0 Å². The second-order valence-electron chi connectivity index (χ2n) is 24.2. The monoisotopic (exact) mass is 1120 g/mol.